The predicted molar refractivity (Wildman–Crippen MR) is 69.8 cm³/mol. The number of likely N-dealkylation sites (tertiary alicyclic amines) is 1. The Morgan fingerprint density at radius 1 is 1.42 bits per heavy atom. The van der Waals surface area contributed by atoms with Crippen molar-refractivity contribution in [1.82, 2.24) is 15.2 Å². The van der Waals surface area contributed by atoms with E-state index in [0.717, 1.165) is 13.0 Å². The average Bonchev–Trinajstić information content (AvgIpc) is 2.80. The minimum Gasteiger partial charge on any atom is -0.352 e. The molecule has 1 aromatic heterocycles. The quantitative estimate of drug-likeness (QED) is 0.740. The molecule has 102 valence electrons. The number of H-pyrrole nitrogens is 1. The molecule has 0 atom stereocenters. The molecule has 0 unspecified atom stereocenters. The van der Waals surface area contributed by atoms with E-state index in [1.165, 1.54) is 12.3 Å². The van der Waals surface area contributed by atoms with Gasteiger partial charge in [-0.25, -0.2) is 0 Å². The number of aromatic nitrogens is 1. The lowest BCUT2D eigenvalue weighted by atomic mass is 10.2. The largest absolute Gasteiger partial charge is 0.352 e. The first-order valence-corrected chi connectivity index (χ1v) is 6.42. The monoisotopic (exact) mass is 263 g/mol. The van der Waals surface area contributed by atoms with Crippen molar-refractivity contribution in [1.29, 1.82) is 0 Å². The summed E-state index contributed by atoms with van der Waals surface area (Å²) in [5, 5.41) is 2.68. The number of aromatic amines is 1. The Kier molecular flexibility index (Phi) is 4.33. The van der Waals surface area contributed by atoms with Gasteiger partial charge in [0.2, 0.25) is 5.91 Å². The van der Waals surface area contributed by atoms with Gasteiger partial charge in [0, 0.05) is 32.3 Å². The average molecular weight is 263 g/mol. The number of amides is 2. The second-order valence-corrected chi connectivity index (χ2v) is 4.51. The SMILES string of the molecule is O=C(NCCCN1CCCC1=O)c1ccc[nH]c1=O. The lowest BCUT2D eigenvalue weighted by Gasteiger charge is -2.15. The minimum absolute atomic E-state index is 0.111. The Balaban J connectivity index is 1.74. The third kappa shape index (κ3) is 3.43. The summed E-state index contributed by atoms with van der Waals surface area (Å²) in [6.07, 6.45) is 3.73. The van der Waals surface area contributed by atoms with Gasteiger partial charge in [-0.2, -0.15) is 0 Å². The zero-order valence-electron chi connectivity index (χ0n) is 10.6. The fraction of sp³-hybridized carbons (Fsp3) is 0.462. The topological polar surface area (TPSA) is 82.3 Å². The summed E-state index contributed by atoms with van der Waals surface area (Å²) >= 11 is 0. The summed E-state index contributed by atoms with van der Waals surface area (Å²) in [5.74, 6) is -0.194. The summed E-state index contributed by atoms with van der Waals surface area (Å²) in [6.45, 7) is 1.92. The molecule has 19 heavy (non-hydrogen) atoms. The van der Waals surface area contributed by atoms with E-state index in [1.807, 2.05) is 4.90 Å². The highest BCUT2D eigenvalue weighted by molar-refractivity contribution is 5.93. The molecule has 2 rings (SSSR count). The highest BCUT2D eigenvalue weighted by Gasteiger charge is 2.19. The molecule has 0 aromatic carbocycles. The summed E-state index contributed by atoms with van der Waals surface area (Å²) in [5.41, 5.74) is -0.283. The molecule has 2 heterocycles. The number of carbonyl (C=O) groups excluding carboxylic acids is 2. The summed E-state index contributed by atoms with van der Waals surface area (Å²) in [7, 11) is 0. The van der Waals surface area contributed by atoms with E-state index >= 15 is 0 Å². The van der Waals surface area contributed by atoms with Crippen LogP contribution in [-0.2, 0) is 4.79 Å². The van der Waals surface area contributed by atoms with Crippen LogP contribution >= 0.6 is 0 Å². The van der Waals surface area contributed by atoms with Gasteiger partial charge in [-0.3, -0.25) is 14.4 Å². The van der Waals surface area contributed by atoms with Crippen molar-refractivity contribution in [2.24, 2.45) is 0 Å². The first-order chi connectivity index (χ1) is 9.18. The van der Waals surface area contributed by atoms with Gasteiger partial charge in [0.05, 0.1) is 0 Å². The van der Waals surface area contributed by atoms with Crippen molar-refractivity contribution in [2.45, 2.75) is 19.3 Å². The number of hydrogen-bond acceptors (Lipinski definition) is 3. The standard InChI is InChI=1S/C13H17N3O3/c17-11-5-2-8-16(11)9-3-7-15-13(19)10-4-1-6-14-12(10)18/h1,4,6H,2-3,5,7-9H2,(H,14,18)(H,15,19). The lowest BCUT2D eigenvalue weighted by molar-refractivity contribution is -0.127. The molecule has 2 amide bonds. The second-order valence-electron chi connectivity index (χ2n) is 4.51. The molecule has 1 aliphatic rings. The van der Waals surface area contributed by atoms with Crippen molar-refractivity contribution in [3.05, 3.63) is 34.2 Å². The van der Waals surface area contributed by atoms with Crippen LogP contribution in [0.15, 0.2) is 23.1 Å². The van der Waals surface area contributed by atoms with Gasteiger partial charge in [-0.15, -0.1) is 0 Å². The third-order valence-electron chi connectivity index (χ3n) is 3.12. The molecule has 2 N–H and O–H groups in total. The normalized spacial score (nSPS) is 14.7. The van der Waals surface area contributed by atoms with E-state index in [9.17, 15) is 14.4 Å². The van der Waals surface area contributed by atoms with Crippen LogP contribution in [0.3, 0.4) is 0 Å². The number of pyridine rings is 1. The fourth-order valence-corrected chi connectivity index (χ4v) is 2.11. The van der Waals surface area contributed by atoms with E-state index in [2.05, 4.69) is 10.3 Å². The maximum absolute atomic E-state index is 11.7. The molecule has 1 fully saturated rings. The molecule has 1 saturated heterocycles. The van der Waals surface area contributed by atoms with Gasteiger partial charge < -0.3 is 15.2 Å². The minimum atomic E-state index is -0.394. The molecular formula is C13H17N3O3. The number of hydrogen-bond donors (Lipinski definition) is 2. The third-order valence-corrected chi connectivity index (χ3v) is 3.12. The molecular weight excluding hydrogens is 246 g/mol. The van der Waals surface area contributed by atoms with Crippen LogP contribution in [0.25, 0.3) is 0 Å². The van der Waals surface area contributed by atoms with Crippen LogP contribution < -0.4 is 10.9 Å². The smallest absolute Gasteiger partial charge is 0.260 e. The van der Waals surface area contributed by atoms with Crippen LogP contribution in [0.4, 0.5) is 0 Å². The zero-order chi connectivity index (χ0) is 13.7. The van der Waals surface area contributed by atoms with Crippen LogP contribution in [0, 0.1) is 0 Å². The van der Waals surface area contributed by atoms with Gasteiger partial charge in [-0.1, -0.05) is 0 Å². The Hall–Kier alpha value is -2.11. The molecule has 6 nitrogen and oxygen atoms in total. The Labute approximate surface area is 110 Å². The summed E-state index contributed by atoms with van der Waals surface area (Å²) < 4.78 is 0. The maximum atomic E-state index is 11.7. The first kappa shape index (κ1) is 13.3. The maximum Gasteiger partial charge on any atom is 0.260 e. The van der Waals surface area contributed by atoms with Gasteiger partial charge >= 0.3 is 0 Å². The highest BCUT2D eigenvalue weighted by Crippen LogP contribution is 2.09. The lowest BCUT2D eigenvalue weighted by Crippen LogP contribution is -2.32. The second kappa shape index (κ2) is 6.17. The predicted octanol–water partition coefficient (Wildman–Crippen LogP) is 0.117. The van der Waals surface area contributed by atoms with E-state index in [0.29, 0.717) is 25.9 Å². The van der Waals surface area contributed by atoms with E-state index < -0.39 is 5.56 Å². The summed E-state index contributed by atoms with van der Waals surface area (Å²) in [6, 6.07) is 3.09. The number of rotatable bonds is 5. The molecule has 6 heteroatoms. The number of nitrogens with zero attached hydrogens (tertiary/aromatic N) is 1. The van der Waals surface area contributed by atoms with Crippen LogP contribution in [0.5, 0.6) is 0 Å². The van der Waals surface area contributed by atoms with Crippen molar-refractivity contribution in [3.8, 4) is 0 Å². The molecule has 1 aromatic rings. The van der Waals surface area contributed by atoms with E-state index in [4.69, 9.17) is 0 Å². The Morgan fingerprint density at radius 2 is 2.26 bits per heavy atom. The Bertz CT molecular complexity index is 524. The van der Waals surface area contributed by atoms with Crippen molar-refractivity contribution < 1.29 is 9.59 Å². The van der Waals surface area contributed by atoms with E-state index in [-0.39, 0.29) is 17.4 Å². The van der Waals surface area contributed by atoms with Crippen LogP contribution in [0.1, 0.15) is 29.6 Å². The summed E-state index contributed by atoms with van der Waals surface area (Å²) in [4.78, 5) is 38.7. The molecule has 1 aliphatic heterocycles. The van der Waals surface area contributed by atoms with Crippen LogP contribution in [0.2, 0.25) is 0 Å². The highest BCUT2D eigenvalue weighted by atomic mass is 16.2. The van der Waals surface area contributed by atoms with Gasteiger partial charge in [-0.05, 0) is 25.0 Å². The van der Waals surface area contributed by atoms with E-state index in [1.54, 1.807) is 6.07 Å². The fourth-order valence-electron chi connectivity index (χ4n) is 2.11. The van der Waals surface area contributed by atoms with Gasteiger partial charge in [0.1, 0.15) is 5.56 Å². The Morgan fingerprint density at radius 3 is 2.95 bits per heavy atom. The molecule has 0 saturated carbocycles. The van der Waals surface area contributed by atoms with Gasteiger partial charge in [0.15, 0.2) is 0 Å². The van der Waals surface area contributed by atoms with Gasteiger partial charge in [0.25, 0.3) is 11.5 Å². The first-order valence-electron chi connectivity index (χ1n) is 6.42. The van der Waals surface area contributed by atoms with Crippen molar-refractivity contribution >= 4 is 11.8 Å². The van der Waals surface area contributed by atoms with Crippen molar-refractivity contribution in [2.75, 3.05) is 19.6 Å². The van der Waals surface area contributed by atoms with Crippen LogP contribution in [-0.4, -0.2) is 41.3 Å². The molecule has 0 aliphatic carbocycles. The van der Waals surface area contributed by atoms with Crippen molar-refractivity contribution in [3.63, 3.8) is 0 Å². The molecule has 0 spiro atoms. The molecule has 0 bridgehead atoms. The number of carbonyl (C=O) groups is 2. The molecule has 0 radical (unpaired) electrons. The zero-order valence-corrected chi connectivity index (χ0v) is 10.6. The number of nitrogens with one attached hydrogen (secondary N) is 2.